The summed E-state index contributed by atoms with van der Waals surface area (Å²) in [7, 11) is 1.85. The Balaban J connectivity index is 1.55. The van der Waals surface area contributed by atoms with Crippen LogP contribution in [0.1, 0.15) is 36.3 Å². The lowest BCUT2D eigenvalue weighted by Crippen LogP contribution is -2.60. The van der Waals surface area contributed by atoms with E-state index in [1.165, 1.54) is 0 Å². The van der Waals surface area contributed by atoms with Crippen LogP contribution in [0.25, 0.3) is 0 Å². The summed E-state index contributed by atoms with van der Waals surface area (Å²) in [5.74, 6) is -3.06. The summed E-state index contributed by atoms with van der Waals surface area (Å²) in [6, 6.07) is 5.69. The first kappa shape index (κ1) is 19.9. The zero-order chi connectivity index (χ0) is 20.6. The first-order valence-corrected chi connectivity index (χ1v) is 10.0. The molecule has 0 N–H and O–H groups in total. The first-order valence-electron chi connectivity index (χ1n) is 10.0. The molecule has 0 unspecified atom stereocenters. The van der Waals surface area contributed by atoms with Crippen LogP contribution in [0.15, 0.2) is 30.7 Å². The molecule has 8 heteroatoms. The van der Waals surface area contributed by atoms with Gasteiger partial charge < -0.3 is 9.47 Å². The summed E-state index contributed by atoms with van der Waals surface area (Å²) in [4.78, 5) is 25.4. The van der Waals surface area contributed by atoms with E-state index in [2.05, 4.69) is 9.97 Å². The highest BCUT2D eigenvalue weighted by Gasteiger charge is 2.55. The summed E-state index contributed by atoms with van der Waals surface area (Å²) in [6.45, 7) is 3.25. The van der Waals surface area contributed by atoms with Crippen LogP contribution in [0.5, 0.6) is 0 Å². The normalized spacial score (nSPS) is 25.0. The lowest BCUT2D eigenvalue weighted by Gasteiger charge is -2.49. The average Bonchev–Trinajstić information content (AvgIpc) is 3.02. The minimum atomic E-state index is -2.89. The molecule has 6 nitrogen and oxygen atoms in total. The summed E-state index contributed by atoms with van der Waals surface area (Å²) in [5.41, 5.74) is 1.50. The Morgan fingerprint density at radius 2 is 2.03 bits per heavy atom. The molecule has 1 amide bonds. The molecule has 1 atom stereocenters. The van der Waals surface area contributed by atoms with Crippen LogP contribution in [0.4, 0.5) is 8.78 Å². The second-order valence-corrected chi connectivity index (χ2v) is 8.55. The molecule has 0 aliphatic carbocycles. The van der Waals surface area contributed by atoms with Crippen molar-refractivity contribution < 1.29 is 13.6 Å². The molecule has 2 aromatic heterocycles. The van der Waals surface area contributed by atoms with E-state index in [0.717, 1.165) is 23.5 Å². The van der Waals surface area contributed by atoms with Gasteiger partial charge in [-0.3, -0.25) is 14.7 Å². The standard InChI is InChI=1S/C21H27F2N5O/c1-16-5-3-6-17(25-16)10-28-8-4-7-20(19(28)29)12-21(22,23)14-27(13-20)11-18-9-24-15-26(18)2/h3,5-6,9,15H,4,7-8,10-14H2,1-2H3/t20-/m1/s1. The maximum Gasteiger partial charge on any atom is 0.261 e. The number of carbonyl (C=O) groups is 1. The fraction of sp³-hybridized carbons (Fsp3) is 0.571. The van der Waals surface area contributed by atoms with Crippen LogP contribution in [-0.2, 0) is 24.9 Å². The lowest BCUT2D eigenvalue weighted by atomic mass is 9.71. The number of carbonyl (C=O) groups excluding carboxylic acids is 1. The van der Waals surface area contributed by atoms with Gasteiger partial charge in [0.15, 0.2) is 0 Å². The molecule has 2 saturated heterocycles. The molecule has 156 valence electrons. The molecular formula is C21H27F2N5O. The van der Waals surface area contributed by atoms with Crippen molar-refractivity contribution in [2.45, 2.75) is 45.2 Å². The Hall–Kier alpha value is -2.35. The highest BCUT2D eigenvalue weighted by Crippen LogP contribution is 2.45. The topological polar surface area (TPSA) is 54.3 Å². The van der Waals surface area contributed by atoms with E-state index in [1.54, 1.807) is 22.3 Å². The second kappa shape index (κ2) is 7.48. The number of aromatic nitrogens is 3. The van der Waals surface area contributed by atoms with E-state index in [4.69, 9.17) is 0 Å². The largest absolute Gasteiger partial charge is 0.337 e. The highest BCUT2D eigenvalue weighted by molar-refractivity contribution is 5.84. The van der Waals surface area contributed by atoms with Crippen molar-refractivity contribution in [3.8, 4) is 0 Å². The quantitative estimate of drug-likeness (QED) is 0.788. The van der Waals surface area contributed by atoms with Gasteiger partial charge in [-0.1, -0.05) is 6.07 Å². The number of alkyl halides is 2. The van der Waals surface area contributed by atoms with Crippen LogP contribution in [0, 0.1) is 12.3 Å². The zero-order valence-corrected chi connectivity index (χ0v) is 16.9. The van der Waals surface area contributed by atoms with E-state index in [-0.39, 0.29) is 18.9 Å². The zero-order valence-electron chi connectivity index (χ0n) is 16.9. The van der Waals surface area contributed by atoms with Gasteiger partial charge >= 0.3 is 0 Å². The van der Waals surface area contributed by atoms with Crippen molar-refractivity contribution in [2.75, 3.05) is 19.6 Å². The number of halogens is 2. The third kappa shape index (κ3) is 4.17. The monoisotopic (exact) mass is 403 g/mol. The summed E-state index contributed by atoms with van der Waals surface area (Å²) in [6.07, 6.45) is 4.21. The van der Waals surface area contributed by atoms with E-state index >= 15 is 0 Å². The predicted octanol–water partition coefficient (Wildman–Crippen LogP) is 2.77. The molecule has 2 aliphatic heterocycles. The Morgan fingerprint density at radius 3 is 2.76 bits per heavy atom. The van der Waals surface area contributed by atoms with Crippen molar-refractivity contribution in [3.05, 3.63) is 47.8 Å². The summed E-state index contributed by atoms with van der Waals surface area (Å²) < 4.78 is 31.3. The predicted molar refractivity (Wildman–Crippen MR) is 104 cm³/mol. The maximum atomic E-state index is 14.7. The molecule has 0 bridgehead atoms. The van der Waals surface area contributed by atoms with Gasteiger partial charge in [0.2, 0.25) is 5.91 Å². The minimum Gasteiger partial charge on any atom is -0.337 e. The molecule has 0 saturated carbocycles. The van der Waals surface area contributed by atoms with Crippen LogP contribution in [-0.4, -0.2) is 55.8 Å². The fourth-order valence-corrected chi connectivity index (χ4v) is 4.79. The van der Waals surface area contributed by atoms with E-state index in [9.17, 15) is 13.6 Å². The fourth-order valence-electron chi connectivity index (χ4n) is 4.79. The van der Waals surface area contributed by atoms with Crippen LogP contribution in [0.3, 0.4) is 0 Å². The van der Waals surface area contributed by atoms with E-state index < -0.39 is 11.3 Å². The van der Waals surface area contributed by atoms with Gasteiger partial charge in [-0.25, -0.2) is 13.8 Å². The molecule has 2 aliphatic rings. The number of hydrogen-bond donors (Lipinski definition) is 0. The summed E-state index contributed by atoms with van der Waals surface area (Å²) in [5, 5.41) is 0. The lowest BCUT2D eigenvalue weighted by molar-refractivity contribution is -0.171. The molecule has 0 radical (unpaired) electrons. The number of piperidine rings is 2. The number of hydrogen-bond acceptors (Lipinski definition) is 4. The highest BCUT2D eigenvalue weighted by atomic mass is 19.3. The van der Waals surface area contributed by atoms with Gasteiger partial charge in [0.05, 0.1) is 36.2 Å². The molecule has 2 fully saturated rings. The van der Waals surface area contributed by atoms with Crippen molar-refractivity contribution in [3.63, 3.8) is 0 Å². The number of pyridine rings is 1. The van der Waals surface area contributed by atoms with Crippen molar-refractivity contribution in [1.82, 2.24) is 24.3 Å². The summed E-state index contributed by atoms with van der Waals surface area (Å²) >= 11 is 0. The number of likely N-dealkylation sites (tertiary alicyclic amines) is 2. The number of rotatable bonds is 4. The van der Waals surface area contributed by atoms with Crippen molar-refractivity contribution >= 4 is 5.91 Å². The maximum absolute atomic E-state index is 14.7. The first-order chi connectivity index (χ1) is 13.8. The number of amides is 1. The van der Waals surface area contributed by atoms with Gasteiger partial charge in [-0.15, -0.1) is 0 Å². The second-order valence-electron chi connectivity index (χ2n) is 8.55. The molecule has 2 aromatic rings. The Morgan fingerprint density at radius 1 is 1.21 bits per heavy atom. The molecule has 4 rings (SSSR count). The number of aryl methyl sites for hydroxylation is 2. The SMILES string of the molecule is Cc1cccc(CN2CCC[C@@]3(CN(Cc4cncn4C)CC(F)(F)C3)C2=O)n1. The Labute approximate surface area is 169 Å². The Kier molecular flexibility index (Phi) is 5.14. The molecule has 29 heavy (non-hydrogen) atoms. The van der Waals surface area contributed by atoms with Gasteiger partial charge in [-0.2, -0.15) is 0 Å². The number of nitrogens with zero attached hydrogens (tertiary/aromatic N) is 5. The minimum absolute atomic E-state index is 0.165. The van der Waals surface area contributed by atoms with Crippen molar-refractivity contribution in [2.24, 2.45) is 12.5 Å². The van der Waals surface area contributed by atoms with E-state index in [0.29, 0.717) is 32.6 Å². The third-order valence-corrected chi connectivity index (χ3v) is 6.00. The van der Waals surface area contributed by atoms with Crippen LogP contribution >= 0.6 is 0 Å². The van der Waals surface area contributed by atoms with E-state index in [1.807, 2.05) is 36.7 Å². The molecule has 0 aromatic carbocycles. The average molecular weight is 403 g/mol. The Bertz CT molecular complexity index is 899. The van der Waals surface area contributed by atoms with Crippen LogP contribution < -0.4 is 0 Å². The van der Waals surface area contributed by atoms with Gasteiger partial charge in [-0.05, 0) is 31.9 Å². The van der Waals surface area contributed by atoms with Gasteiger partial charge in [0.1, 0.15) is 0 Å². The number of imidazole rings is 1. The molecular weight excluding hydrogens is 376 g/mol. The van der Waals surface area contributed by atoms with Gasteiger partial charge in [0, 0.05) is 45.0 Å². The third-order valence-electron chi connectivity index (χ3n) is 6.00. The van der Waals surface area contributed by atoms with Gasteiger partial charge in [0.25, 0.3) is 5.92 Å². The molecule has 4 heterocycles. The van der Waals surface area contributed by atoms with Crippen molar-refractivity contribution in [1.29, 1.82) is 0 Å². The molecule has 1 spiro atoms. The van der Waals surface area contributed by atoms with Crippen LogP contribution in [0.2, 0.25) is 0 Å². The smallest absolute Gasteiger partial charge is 0.261 e.